The van der Waals surface area contributed by atoms with E-state index in [1.165, 1.54) is 6.07 Å². The molecule has 0 spiro atoms. The number of hydrogen-bond acceptors (Lipinski definition) is 4. The zero-order valence-electron chi connectivity index (χ0n) is 8.80. The monoisotopic (exact) mass is 264 g/mol. The normalized spacial score (nSPS) is 15.9. The van der Waals surface area contributed by atoms with Gasteiger partial charge in [0, 0.05) is 5.92 Å². The minimum absolute atomic E-state index is 0.0198. The molecule has 0 saturated heterocycles. The molecule has 3 nitrogen and oxygen atoms in total. The van der Waals surface area contributed by atoms with Gasteiger partial charge >= 0.3 is 6.18 Å². The maximum Gasteiger partial charge on any atom is 0.405 e. The lowest BCUT2D eigenvalue weighted by molar-refractivity contribution is -0.115. The minimum Gasteiger partial charge on any atom is -0.397 e. The van der Waals surface area contributed by atoms with E-state index in [1.54, 1.807) is 0 Å². The second-order valence-corrected chi connectivity index (χ2v) is 5.05. The second kappa shape index (κ2) is 4.21. The van der Waals surface area contributed by atoms with E-state index in [0.717, 1.165) is 24.2 Å². The standard InChI is InChI=1S/C10H11F3N2OS/c11-10(12,13)4-15-7-3-6(14)9(17-7)8(16)5-1-2-5/h3,5,15H,1-2,4,14H2. The molecule has 17 heavy (non-hydrogen) atoms. The van der Waals surface area contributed by atoms with Crippen molar-refractivity contribution >= 4 is 27.8 Å². The highest BCUT2D eigenvalue weighted by Crippen LogP contribution is 2.38. The fourth-order valence-electron chi connectivity index (χ4n) is 1.40. The van der Waals surface area contributed by atoms with E-state index in [-0.39, 0.29) is 22.4 Å². The van der Waals surface area contributed by atoms with Crippen molar-refractivity contribution in [3.8, 4) is 0 Å². The molecule has 94 valence electrons. The van der Waals surface area contributed by atoms with Crippen molar-refractivity contribution in [2.24, 2.45) is 5.92 Å². The molecule has 0 bridgehead atoms. The molecule has 0 aliphatic heterocycles. The first-order chi connectivity index (χ1) is 7.87. The maximum atomic E-state index is 12.0. The maximum absolute atomic E-state index is 12.0. The van der Waals surface area contributed by atoms with Gasteiger partial charge in [-0.25, -0.2) is 0 Å². The van der Waals surface area contributed by atoms with Crippen molar-refractivity contribution in [3.05, 3.63) is 10.9 Å². The molecule has 0 radical (unpaired) electrons. The molecule has 1 aromatic rings. The Balaban J connectivity index is 2.05. The van der Waals surface area contributed by atoms with Gasteiger partial charge in [0.25, 0.3) is 0 Å². The summed E-state index contributed by atoms with van der Waals surface area (Å²) in [4.78, 5) is 12.1. The Labute approximate surface area is 99.8 Å². The van der Waals surface area contributed by atoms with E-state index in [0.29, 0.717) is 4.88 Å². The second-order valence-electron chi connectivity index (χ2n) is 4.00. The van der Waals surface area contributed by atoms with Crippen LogP contribution < -0.4 is 11.1 Å². The van der Waals surface area contributed by atoms with Crippen LogP contribution in [0, 0.1) is 5.92 Å². The highest BCUT2D eigenvalue weighted by Gasteiger charge is 2.33. The van der Waals surface area contributed by atoms with Crippen LogP contribution in [0.1, 0.15) is 22.5 Å². The summed E-state index contributed by atoms with van der Waals surface area (Å²) >= 11 is 0.991. The fraction of sp³-hybridized carbons (Fsp3) is 0.500. The summed E-state index contributed by atoms with van der Waals surface area (Å²) < 4.78 is 36.0. The smallest absolute Gasteiger partial charge is 0.397 e. The molecule has 1 fully saturated rings. The van der Waals surface area contributed by atoms with E-state index in [2.05, 4.69) is 5.32 Å². The molecule has 2 rings (SSSR count). The number of carbonyl (C=O) groups excluding carboxylic acids is 1. The molecule has 1 aliphatic carbocycles. The number of alkyl halides is 3. The van der Waals surface area contributed by atoms with Gasteiger partial charge < -0.3 is 11.1 Å². The van der Waals surface area contributed by atoms with Gasteiger partial charge in [-0.05, 0) is 18.9 Å². The predicted molar refractivity (Wildman–Crippen MR) is 60.3 cm³/mol. The van der Waals surface area contributed by atoms with Crippen LogP contribution in [0.25, 0.3) is 0 Å². The molecule has 1 aliphatic rings. The Morgan fingerprint density at radius 3 is 2.71 bits per heavy atom. The Hall–Kier alpha value is -1.24. The average molecular weight is 264 g/mol. The summed E-state index contributed by atoms with van der Waals surface area (Å²) in [5, 5.41) is 2.50. The van der Waals surface area contributed by atoms with Gasteiger partial charge in [0.05, 0.1) is 15.6 Å². The van der Waals surface area contributed by atoms with Gasteiger partial charge in [-0.15, -0.1) is 11.3 Å². The van der Waals surface area contributed by atoms with Crippen molar-refractivity contribution in [2.75, 3.05) is 17.6 Å². The van der Waals surface area contributed by atoms with Crippen molar-refractivity contribution in [2.45, 2.75) is 19.0 Å². The number of Topliss-reactive ketones (excluding diaryl/α,β-unsaturated/α-hetero) is 1. The first kappa shape index (κ1) is 12.2. The quantitative estimate of drug-likeness (QED) is 0.822. The number of nitrogens with two attached hydrogens (primary N) is 1. The molecule has 1 saturated carbocycles. The number of halogens is 3. The topological polar surface area (TPSA) is 55.1 Å². The Morgan fingerprint density at radius 2 is 2.18 bits per heavy atom. The SMILES string of the molecule is Nc1cc(NCC(F)(F)F)sc1C(=O)C1CC1. The molecular weight excluding hydrogens is 253 g/mol. The van der Waals surface area contributed by atoms with Crippen LogP contribution in [0.4, 0.5) is 23.9 Å². The van der Waals surface area contributed by atoms with Crippen LogP contribution in [-0.2, 0) is 0 Å². The van der Waals surface area contributed by atoms with Crippen LogP contribution in [0.2, 0.25) is 0 Å². The number of rotatable bonds is 4. The van der Waals surface area contributed by atoms with Crippen LogP contribution in [0.5, 0.6) is 0 Å². The highest BCUT2D eigenvalue weighted by atomic mass is 32.1. The van der Waals surface area contributed by atoms with Gasteiger partial charge in [-0.2, -0.15) is 13.2 Å². The van der Waals surface area contributed by atoms with Crippen molar-refractivity contribution < 1.29 is 18.0 Å². The molecular formula is C10H11F3N2OS. The molecule has 0 aromatic carbocycles. The molecule has 1 heterocycles. The number of anilines is 2. The predicted octanol–water partition coefficient (Wildman–Crippen LogP) is 2.90. The molecule has 1 aromatic heterocycles. The summed E-state index contributed by atoms with van der Waals surface area (Å²) in [6, 6.07) is 1.38. The van der Waals surface area contributed by atoms with E-state index in [9.17, 15) is 18.0 Å². The molecule has 0 atom stereocenters. The lowest BCUT2D eigenvalue weighted by Gasteiger charge is -2.06. The molecule has 7 heteroatoms. The van der Waals surface area contributed by atoms with E-state index in [1.807, 2.05) is 0 Å². The lowest BCUT2D eigenvalue weighted by atomic mass is 10.2. The van der Waals surface area contributed by atoms with Gasteiger partial charge in [0.2, 0.25) is 0 Å². The number of ketones is 1. The summed E-state index contributed by atoms with van der Waals surface area (Å²) in [5.74, 6) is -0.0287. The zero-order valence-corrected chi connectivity index (χ0v) is 9.62. The van der Waals surface area contributed by atoms with Gasteiger partial charge in [0.15, 0.2) is 5.78 Å². The lowest BCUT2D eigenvalue weighted by Crippen LogP contribution is -2.20. The number of nitrogens with one attached hydrogen (secondary N) is 1. The number of carbonyl (C=O) groups is 1. The number of nitrogen functional groups attached to an aromatic ring is 1. The van der Waals surface area contributed by atoms with Crippen LogP contribution >= 0.6 is 11.3 Å². The van der Waals surface area contributed by atoms with Gasteiger partial charge in [-0.3, -0.25) is 4.79 Å². The third-order valence-corrected chi connectivity index (χ3v) is 3.52. The third-order valence-electron chi connectivity index (χ3n) is 2.40. The van der Waals surface area contributed by atoms with Crippen LogP contribution in [0.3, 0.4) is 0 Å². The molecule has 3 N–H and O–H groups in total. The summed E-state index contributed by atoms with van der Waals surface area (Å²) in [7, 11) is 0. The van der Waals surface area contributed by atoms with Gasteiger partial charge in [0.1, 0.15) is 6.54 Å². The van der Waals surface area contributed by atoms with E-state index >= 15 is 0 Å². The first-order valence-corrected chi connectivity index (χ1v) is 5.92. The van der Waals surface area contributed by atoms with Crippen LogP contribution in [0.15, 0.2) is 6.07 Å². The van der Waals surface area contributed by atoms with E-state index in [4.69, 9.17) is 5.73 Å². The largest absolute Gasteiger partial charge is 0.405 e. The highest BCUT2D eigenvalue weighted by molar-refractivity contribution is 7.18. The molecule has 0 unspecified atom stereocenters. The third kappa shape index (κ3) is 3.12. The van der Waals surface area contributed by atoms with E-state index < -0.39 is 12.7 Å². The zero-order chi connectivity index (χ0) is 12.6. The fourth-order valence-corrected chi connectivity index (χ4v) is 2.40. The molecule has 0 amide bonds. The average Bonchev–Trinajstić information content (AvgIpc) is 2.98. The minimum atomic E-state index is -4.28. The number of thiophene rings is 1. The number of hydrogen-bond donors (Lipinski definition) is 2. The Bertz CT molecular complexity index is 437. The van der Waals surface area contributed by atoms with Crippen LogP contribution in [-0.4, -0.2) is 18.5 Å². The Morgan fingerprint density at radius 1 is 1.53 bits per heavy atom. The van der Waals surface area contributed by atoms with Gasteiger partial charge in [-0.1, -0.05) is 0 Å². The first-order valence-electron chi connectivity index (χ1n) is 5.11. The van der Waals surface area contributed by atoms with Crippen molar-refractivity contribution in [3.63, 3.8) is 0 Å². The summed E-state index contributed by atoms with van der Waals surface area (Å²) in [5.41, 5.74) is 5.88. The summed E-state index contributed by atoms with van der Waals surface area (Å²) in [6.45, 7) is -1.12. The van der Waals surface area contributed by atoms with Crippen molar-refractivity contribution in [1.29, 1.82) is 0 Å². The van der Waals surface area contributed by atoms with Crippen molar-refractivity contribution in [1.82, 2.24) is 0 Å². The Kier molecular flexibility index (Phi) is 3.03. The summed E-state index contributed by atoms with van der Waals surface area (Å²) in [6.07, 6.45) is -2.58.